The van der Waals surface area contributed by atoms with Gasteiger partial charge in [-0.3, -0.25) is 4.79 Å². The molecule has 17 heavy (non-hydrogen) atoms. The molecule has 0 bridgehead atoms. The van der Waals surface area contributed by atoms with Crippen LogP contribution in [0.5, 0.6) is 0 Å². The Balaban J connectivity index is 3.82. The summed E-state index contributed by atoms with van der Waals surface area (Å²) in [5.74, 6) is -1.26. The molecule has 1 unspecified atom stereocenters. The van der Waals surface area contributed by atoms with Crippen LogP contribution < -0.4 is 10.6 Å². The second kappa shape index (κ2) is 8.75. The minimum Gasteiger partial charge on any atom is -0.480 e. The van der Waals surface area contributed by atoms with Crippen molar-refractivity contribution in [3.05, 3.63) is 12.7 Å². The third kappa shape index (κ3) is 8.45. The van der Waals surface area contributed by atoms with Gasteiger partial charge in [0.25, 0.3) is 0 Å². The van der Waals surface area contributed by atoms with Crippen LogP contribution in [0, 0.1) is 0 Å². The van der Waals surface area contributed by atoms with Crippen LogP contribution in [0.2, 0.25) is 0 Å². The lowest BCUT2D eigenvalue weighted by molar-refractivity contribution is -0.141. The molecule has 0 rings (SSSR count). The van der Waals surface area contributed by atoms with Crippen molar-refractivity contribution in [2.75, 3.05) is 6.54 Å². The highest BCUT2D eigenvalue weighted by atomic mass is 16.4. The fraction of sp³-hybridized carbons (Fsp3) is 0.667. The highest BCUT2D eigenvalue weighted by Gasteiger charge is 2.17. The van der Waals surface area contributed by atoms with Crippen molar-refractivity contribution >= 4 is 11.9 Å². The fourth-order valence-electron chi connectivity index (χ4n) is 1.29. The van der Waals surface area contributed by atoms with Gasteiger partial charge >= 0.3 is 5.97 Å². The summed E-state index contributed by atoms with van der Waals surface area (Å²) in [4.78, 5) is 22.2. The van der Waals surface area contributed by atoms with E-state index in [4.69, 9.17) is 5.11 Å². The molecule has 0 fully saturated rings. The van der Waals surface area contributed by atoms with Crippen LogP contribution in [0.25, 0.3) is 0 Å². The van der Waals surface area contributed by atoms with Crippen molar-refractivity contribution < 1.29 is 14.7 Å². The molecule has 3 N–H and O–H groups in total. The predicted molar refractivity (Wildman–Crippen MR) is 66.8 cm³/mol. The van der Waals surface area contributed by atoms with E-state index in [0.717, 1.165) is 6.54 Å². The molecule has 0 aliphatic carbocycles. The summed E-state index contributed by atoms with van der Waals surface area (Å²) in [6.07, 6.45) is 2.76. The molecular formula is C12H22N2O3. The average Bonchev–Trinajstić information content (AvgIpc) is 2.23. The Bertz CT molecular complexity index is 264. The van der Waals surface area contributed by atoms with Gasteiger partial charge in [-0.2, -0.15) is 0 Å². The lowest BCUT2D eigenvalue weighted by Crippen LogP contribution is -2.40. The van der Waals surface area contributed by atoms with Crippen LogP contribution in [-0.2, 0) is 9.59 Å². The first-order chi connectivity index (χ1) is 7.97. The van der Waals surface area contributed by atoms with Crippen LogP contribution in [0.15, 0.2) is 12.7 Å². The maximum Gasteiger partial charge on any atom is 0.326 e. The van der Waals surface area contributed by atoms with E-state index in [0.29, 0.717) is 18.9 Å². The number of nitrogens with one attached hydrogen (secondary N) is 2. The Hall–Kier alpha value is -1.36. The molecular weight excluding hydrogens is 220 g/mol. The molecule has 1 atom stereocenters. The molecule has 0 radical (unpaired) electrons. The third-order valence-corrected chi connectivity index (χ3v) is 2.17. The van der Waals surface area contributed by atoms with Crippen LogP contribution >= 0.6 is 0 Å². The SMILES string of the molecule is C=CCC(NC(=O)CCCNC(C)C)C(=O)O. The molecule has 0 aromatic rings. The van der Waals surface area contributed by atoms with E-state index in [9.17, 15) is 9.59 Å². The van der Waals surface area contributed by atoms with Crippen molar-refractivity contribution in [3.8, 4) is 0 Å². The molecule has 0 saturated heterocycles. The van der Waals surface area contributed by atoms with Gasteiger partial charge in [-0.25, -0.2) is 4.79 Å². The zero-order valence-corrected chi connectivity index (χ0v) is 10.5. The van der Waals surface area contributed by atoms with Gasteiger partial charge in [-0.15, -0.1) is 6.58 Å². The highest BCUT2D eigenvalue weighted by molar-refractivity contribution is 5.83. The second-order valence-electron chi connectivity index (χ2n) is 4.20. The normalized spacial score (nSPS) is 12.2. The maximum absolute atomic E-state index is 11.4. The lowest BCUT2D eigenvalue weighted by Gasteiger charge is -2.13. The van der Waals surface area contributed by atoms with Crippen molar-refractivity contribution in [3.63, 3.8) is 0 Å². The van der Waals surface area contributed by atoms with Crippen LogP contribution in [0.1, 0.15) is 33.1 Å². The predicted octanol–water partition coefficient (Wildman–Crippen LogP) is 0.910. The number of carboxylic acid groups (broad SMARTS) is 1. The molecule has 0 aromatic carbocycles. The van der Waals surface area contributed by atoms with Gasteiger partial charge in [0.1, 0.15) is 6.04 Å². The van der Waals surface area contributed by atoms with Gasteiger partial charge in [0.15, 0.2) is 0 Å². The van der Waals surface area contributed by atoms with E-state index >= 15 is 0 Å². The Morgan fingerprint density at radius 2 is 2.06 bits per heavy atom. The summed E-state index contributed by atoms with van der Waals surface area (Å²) in [6, 6.07) is -0.469. The highest BCUT2D eigenvalue weighted by Crippen LogP contribution is 1.96. The zero-order chi connectivity index (χ0) is 13.3. The van der Waals surface area contributed by atoms with E-state index in [-0.39, 0.29) is 12.3 Å². The van der Waals surface area contributed by atoms with Gasteiger partial charge in [0, 0.05) is 12.5 Å². The van der Waals surface area contributed by atoms with Gasteiger partial charge in [-0.05, 0) is 19.4 Å². The third-order valence-electron chi connectivity index (χ3n) is 2.17. The number of hydrogen-bond acceptors (Lipinski definition) is 3. The molecule has 0 spiro atoms. The second-order valence-corrected chi connectivity index (χ2v) is 4.20. The van der Waals surface area contributed by atoms with Gasteiger partial charge in [0.05, 0.1) is 0 Å². The zero-order valence-electron chi connectivity index (χ0n) is 10.5. The molecule has 0 saturated carbocycles. The Morgan fingerprint density at radius 1 is 1.41 bits per heavy atom. The fourth-order valence-corrected chi connectivity index (χ4v) is 1.29. The Labute approximate surface area is 102 Å². The maximum atomic E-state index is 11.4. The Kier molecular flexibility index (Phi) is 8.05. The molecule has 0 heterocycles. The quantitative estimate of drug-likeness (QED) is 0.415. The molecule has 1 amide bonds. The van der Waals surface area contributed by atoms with Gasteiger partial charge < -0.3 is 15.7 Å². The first-order valence-electron chi connectivity index (χ1n) is 5.83. The van der Waals surface area contributed by atoms with Crippen molar-refractivity contribution in [2.45, 2.75) is 45.2 Å². The van der Waals surface area contributed by atoms with Gasteiger partial charge in [-0.1, -0.05) is 19.9 Å². The summed E-state index contributed by atoms with van der Waals surface area (Å²) in [6.45, 7) is 8.28. The summed E-state index contributed by atoms with van der Waals surface area (Å²) >= 11 is 0. The van der Waals surface area contributed by atoms with Gasteiger partial charge in [0.2, 0.25) is 5.91 Å². The largest absolute Gasteiger partial charge is 0.480 e. The number of amides is 1. The number of carbonyl (C=O) groups excluding carboxylic acids is 1. The van der Waals surface area contributed by atoms with Crippen LogP contribution in [0.4, 0.5) is 0 Å². The Morgan fingerprint density at radius 3 is 2.53 bits per heavy atom. The van der Waals surface area contributed by atoms with E-state index in [1.54, 1.807) is 0 Å². The average molecular weight is 242 g/mol. The minimum absolute atomic E-state index is 0.232. The summed E-state index contributed by atoms with van der Waals surface area (Å²) in [7, 11) is 0. The van der Waals surface area contributed by atoms with E-state index < -0.39 is 12.0 Å². The standard InChI is InChI=1S/C12H22N2O3/c1-4-6-10(12(16)17)14-11(15)7-5-8-13-9(2)3/h4,9-10,13H,1,5-8H2,2-3H3,(H,14,15)(H,16,17). The van der Waals surface area contributed by atoms with E-state index in [1.807, 2.05) is 13.8 Å². The number of carbonyl (C=O) groups is 2. The lowest BCUT2D eigenvalue weighted by atomic mass is 10.2. The molecule has 5 nitrogen and oxygen atoms in total. The summed E-state index contributed by atoms with van der Waals surface area (Å²) in [5, 5.41) is 14.5. The number of hydrogen-bond donors (Lipinski definition) is 3. The minimum atomic E-state index is -1.03. The van der Waals surface area contributed by atoms with Crippen LogP contribution in [-0.4, -0.2) is 35.6 Å². The van der Waals surface area contributed by atoms with Crippen molar-refractivity contribution in [1.29, 1.82) is 0 Å². The molecule has 0 aromatic heterocycles. The summed E-state index contributed by atoms with van der Waals surface area (Å²) in [5.41, 5.74) is 0. The van der Waals surface area contributed by atoms with E-state index in [1.165, 1.54) is 6.08 Å². The topological polar surface area (TPSA) is 78.4 Å². The first kappa shape index (κ1) is 15.6. The molecule has 0 aliphatic heterocycles. The monoisotopic (exact) mass is 242 g/mol. The van der Waals surface area contributed by atoms with Crippen molar-refractivity contribution in [2.24, 2.45) is 0 Å². The van der Waals surface area contributed by atoms with Crippen LogP contribution in [0.3, 0.4) is 0 Å². The number of aliphatic carboxylic acids is 1. The van der Waals surface area contributed by atoms with E-state index in [2.05, 4.69) is 17.2 Å². The first-order valence-corrected chi connectivity index (χ1v) is 5.83. The number of carboxylic acids is 1. The number of rotatable bonds is 9. The molecule has 5 heteroatoms. The smallest absolute Gasteiger partial charge is 0.326 e. The molecule has 98 valence electrons. The van der Waals surface area contributed by atoms with Crippen molar-refractivity contribution in [1.82, 2.24) is 10.6 Å². The summed E-state index contributed by atoms with van der Waals surface area (Å²) < 4.78 is 0. The molecule has 0 aliphatic rings.